The average molecular weight is 433 g/mol. The summed E-state index contributed by atoms with van der Waals surface area (Å²) >= 11 is 7.31. The topological polar surface area (TPSA) is 78.3 Å². The molecule has 0 spiro atoms. The Morgan fingerprint density at radius 1 is 1.14 bits per heavy atom. The van der Waals surface area contributed by atoms with E-state index in [1.165, 1.54) is 11.8 Å². The number of anilines is 2. The van der Waals surface area contributed by atoms with Gasteiger partial charge >= 0.3 is 0 Å². The number of hydrogen-bond acceptors (Lipinski definition) is 7. The zero-order chi connectivity index (χ0) is 20.8. The third-order valence-electron chi connectivity index (χ3n) is 4.13. The number of halogens is 1. The van der Waals surface area contributed by atoms with Crippen LogP contribution < -0.4 is 20.3 Å². The summed E-state index contributed by atoms with van der Waals surface area (Å²) in [7, 11) is 3.10. The molecule has 0 aliphatic rings. The number of methoxy groups -OCH3 is 2. The van der Waals surface area contributed by atoms with E-state index in [0.29, 0.717) is 39.9 Å². The molecule has 9 heteroatoms. The summed E-state index contributed by atoms with van der Waals surface area (Å²) in [6.45, 7) is 2.39. The van der Waals surface area contributed by atoms with Crippen LogP contribution in [0.1, 0.15) is 12.5 Å². The van der Waals surface area contributed by atoms with Crippen molar-refractivity contribution in [3.63, 3.8) is 0 Å². The molecule has 0 saturated heterocycles. The predicted octanol–water partition coefficient (Wildman–Crippen LogP) is 4.36. The van der Waals surface area contributed by atoms with Crippen molar-refractivity contribution in [2.75, 3.05) is 19.5 Å². The second-order valence-electron chi connectivity index (χ2n) is 5.94. The maximum Gasteiger partial charge on any atom is 0.268 e. The smallest absolute Gasteiger partial charge is 0.268 e. The Kier molecular flexibility index (Phi) is 7.00. The van der Waals surface area contributed by atoms with Crippen molar-refractivity contribution >= 4 is 35.0 Å². The van der Waals surface area contributed by atoms with E-state index in [4.69, 9.17) is 21.1 Å². The van der Waals surface area contributed by atoms with Gasteiger partial charge < -0.3 is 14.8 Å². The van der Waals surface area contributed by atoms with Crippen molar-refractivity contribution in [1.82, 2.24) is 14.5 Å². The Morgan fingerprint density at radius 2 is 1.90 bits per heavy atom. The minimum atomic E-state index is -0.107. The van der Waals surface area contributed by atoms with E-state index in [2.05, 4.69) is 15.3 Å². The standard InChI is InChI=1S/C20H21ClN4O3S/c1-4-25-19(26)16(11-22-20(25)23-15-8-6-14(21)7-9-15)29-12-13-5-10-17(27-2)24-18(13)28-3/h5-11H,4,12H2,1-3H3,(H,22,23). The van der Waals surface area contributed by atoms with Gasteiger partial charge in [-0.1, -0.05) is 11.6 Å². The monoisotopic (exact) mass is 432 g/mol. The molecule has 0 aliphatic carbocycles. The third-order valence-corrected chi connectivity index (χ3v) is 5.43. The van der Waals surface area contributed by atoms with Crippen LogP contribution in [0, 0.1) is 0 Å². The predicted molar refractivity (Wildman–Crippen MR) is 116 cm³/mol. The fourth-order valence-electron chi connectivity index (χ4n) is 2.64. The van der Waals surface area contributed by atoms with Crippen molar-refractivity contribution in [2.45, 2.75) is 24.1 Å². The van der Waals surface area contributed by atoms with Gasteiger partial charge in [0.05, 0.1) is 25.3 Å². The molecular weight excluding hydrogens is 412 g/mol. The zero-order valence-electron chi connectivity index (χ0n) is 16.3. The first-order valence-corrected chi connectivity index (χ1v) is 10.2. The zero-order valence-corrected chi connectivity index (χ0v) is 17.9. The highest BCUT2D eigenvalue weighted by Crippen LogP contribution is 2.27. The van der Waals surface area contributed by atoms with E-state index in [-0.39, 0.29) is 5.56 Å². The van der Waals surface area contributed by atoms with E-state index in [1.807, 2.05) is 25.1 Å². The lowest BCUT2D eigenvalue weighted by atomic mass is 10.3. The van der Waals surface area contributed by atoms with Crippen molar-refractivity contribution in [3.05, 3.63) is 63.5 Å². The van der Waals surface area contributed by atoms with Gasteiger partial charge in [0, 0.05) is 34.6 Å². The van der Waals surface area contributed by atoms with Crippen LogP contribution in [-0.2, 0) is 12.3 Å². The number of thioether (sulfide) groups is 1. The first-order valence-electron chi connectivity index (χ1n) is 8.88. The lowest BCUT2D eigenvalue weighted by Crippen LogP contribution is -2.24. The Morgan fingerprint density at radius 3 is 2.55 bits per heavy atom. The summed E-state index contributed by atoms with van der Waals surface area (Å²) in [5, 5.41) is 3.81. The van der Waals surface area contributed by atoms with Crippen molar-refractivity contribution in [1.29, 1.82) is 0 Å². The molecule has 0 bridgehead atoms. The van der Waals surface area contributed by atoms with Crippen LogP contribution in [0.15, 0.2) is 52.3 Å². The van der Waals surface area contributed by atoms with E-state index in [9.17, 15) is 4.79 Å². The molecule has 3 aromatic rings. The first-order chi connectivity index (χ1) is 14.0. The molecule has 0 amide bonds. The summed E-state index contributed by atoms with van der Waals surface area (Å²) in [5.41, 5.74) is 1.56. The molecule has 29 heavy (non-hydrogen) atoms. The highest BCUT2D eigenvalue weighted by molar-refractivity contribution is 7.98. The van der Waals surface area contributed by atoms with Gasteiger partial charge in [-0.3, -0.25) is 9.36 Å². The number of hydrogen-bond donors (Lipinski definition) is 1. The van der Waals surface area contributed by atoms with Crippen LogP contribution in [0.2, 0.25) is 5.02 Å². The summed E-state index contributed by atoms with van der Waals surface area (Å²) in [6, 6.07) is 10.9. The van der Waals surface area contributed by atoms with Gasteiger partial charge in [-0.15, -0.1) is 11.8 Å². The number of ether oxygens (including phenoxy) is 2. The van der Waals surface area contributed by atoms with E-state index in [1.54, 1.807) is 43.2 Å². The van der Waals surface area contributed by atoms with Crippen LogP contribution in [0.4, 0.5) is 11.6 Å². The number of nitrogens with one attached hydrogen (secondary N) is 1. The molecule has 0 radical (unpaired) electrons. The van der Waals surface area contributed by atoms with Crippen LogP contribution in [-0.4, -0.2) is 28.8 Å². The number of rotatable bonds is 8. The molecule has 2 heterocycles. The van der Waals surface area contributed by atoms with Gasteiger partial charge in [0.15, 0.2) is 0 Å². The van der Waals surface area contributed by atoms with E-state index >= 15 is 0 Å². The summed E-state index contributed by atoms with van der Waals surface area (Å²) < 4.78 is 12.0. The summed E-state index contributed by atoms with van der Waals surface area (Å²) in [5.74, 6) is 1.95. The van der Waals surface area contributed by atoms with Crippen molar-refractivity contribution in [2.24, 2.45) is 0 Å². The molecule has 0 saturated carbocycles. The molecule has 1 N–H and O–H groups in total. The molecule has 0 aliphatic heterocycles. The Balaban J connectivity index is 1.80. The maximum atomic E-state index is 12.9. The second-order valence-corrected chi connectivity index (χ2v) is 7.39. The highest BCUT2D eigenvalue weighted by atomic mass is 35.5. The van der Waals surface area contributed by atoms with Gasteiger partial charge in [0.25, 0.3) is 5.56 Å². The fraction of sp³-hybridized carbons (Fsp3) is 0.250. The molecule has 1 aromatic carbocycles. The van der Waals surface area contributed by atoms with Gasteiger partial charge in [0.2, 0.25) is 17.7 Å². The Hall–Kier alpha value is -2.71. The van der Waals surface area contributed by atoms with E-state index in [0.717, 1.165) is 11.3 Å². The van der Waals surface area contributed by atoms with Gasteiger partial charge in [-0.05, 0) is 37.3 Å². The Labute approximate surface area is 178 Å². The lowest BCUT2D eigenvalue weighted by molar-refractivity contribution is 0.362. The largest absolute Gasteiger partial charge is 0.481 e. The number of benzene rings is 1. The first kappa shape index (κ1) is 21.0. The lowest BCUT2D eigenvalue weighted by Gasteiger charge is -2.14. The van der Waals surface area contributed by atoms with Crippen LogP contribution in [0.3, 0.4) is 0 Å². The van der Waals surface area contributed by atoms with Crippen LogP contribution in [0.5, 0.6) is 11.8 Å². The number of nitrogens with zero attached hydrogens (tertiary/aromatic N) is 3. The molecular formula is C20H21ClN4O3S. The fourth-order valence-corrected chi connectivity index (χ4v) is 3.65. The van der Waals surface area contributed by atoms with Gasteiger partial charge in [0.1, 0.15) is 0 Å². The highest BCUT2D eigenvalue weighted by Gasteiger charge is 2.13. The normalized spacial score (nSPS) is 10.6. The van der Waals surface area contributed by atoms with Crippen LogP contribution in [0.25, 0.3) is 0 Å². The molecule has 0 atom stereocenters. The quantitative estimate of drug-likeness (QED) is 0.529. The molecule has 7 nitrogen and oxygen atoms in total. The summed E-state index contributed by atoms with van der Waals surface area (Å²) in [4.78, 5) is 22.2. The molecule has 152 valence electrons. The number of aromatic nitrogens is 3. The Bertz CT molecular complexity index is 1040. The van der Waals surface area contributed by atoms with Crippen molar-refractivity contribution in [3.8, 4) is 11.8 Å². The van der Waals surface area contributed by atoms with Gasteiger partial charge in [-0.25, -0.2) is 4.98 Å². The molecule has 0 unspecified atom stereocenters. The summed E-state index contributed by atoms with van der Waals surface area (Å²) in [6.07, 6.45) is 1.58. The van der Waals surface area contributed by atoms with Crippen LogP contribution >= 0.6 is 23.4 Å². The van der Waals surface area contributed by atoms with Crippen molar-refractivity contribution < 1.29 is 9.47 Å². The molecule has 0 fully saturated rings. The molecule has 2 aromatic heterocycles. The van der Waals surface area contributed by atoms with E-state index < -0.39 is 0 Å². The minimum absolute atomic E-state index is 0.107. The van der Waals surface area contributed by atoms with Gasteiger partial charge in [-0.2, -0.15) is 4.98 Å². The third kappa shape index (κ3) is 5.02. The minimum Gasteiger partial charge on any atom is -0.481 e. The molecule has 3 rings (SSSR count). The second kappa shape index (κ2) is 9.67. The maximum absolute atomic E-state index is 12.9. The average Bonchev–Trinajstić information content (AvgIpc) is 2.75. The SMILES string of the molecule is CCn1c(Nc2ccc(Cl)cc2)ncc(SCc2ccc(OC)nc2OC)c1=O. The number of pyridine rings is 1.